The van der Waals surface area contributed by atoms with Gasteiger partial charge in [0.25, 0.3) is 11.7 Å². The molecule has 1 fully saturated rings. The topological polar surface area (TPSA) is 76.1 Å². The molecule has 0 saturated carbocycles. The first-order valence-electron chi connectivity index (χ1n) is 11.5. The van der Waals surface area contributed by atoms with Crippen molar-refractivity contribution in [3.8, 4) is 11.5 Å². The maximum Gasteiger partial charge on any atom is 0.300 e. The summed E-state index contributed by atoms with van der Waals surface area (Å²) in [4.78, 5) is 28.2. The van der Waals surface area contributed by atoms with Gasteiger partial charge in [0.2, 0.25) is 0 Å². The Morgan fingerprint density at radius 2 is 1.63 bits per heavy atom. The number of ketones is 1. The molecule has 1 unspecified atom stereocenters. The molecule has 180 valence electrons. The first kappa shape index (κ1) is 24.1. The van der Waals surface area contributed by atoms with Crippen molar-refractivity contribution in [3.63, 3.8) is 0 Å². The summed E-state index contributed by atoms with van der Waals surface area (Å²) in [6, 6.07) is 18.8. The SMILES string of the molecule is COc1cccc(N2C(=O)C(=O)/C(=C(/O)c3ccc(C)c(C)c3)C2c2cccc(OC(C)C)c2)c1. The fourth-order valence-corrected chi connectivity index (χ4v) is 4.25. The second kappa shape index (κ2) is 9.66. The molecule has 1 amide bonds. The van der Waals surface area contributed by atoms with Crippen molar-refractivity contribution in [2.24, 2.45) is 0 Å². The Morgan fingerprint density at radius 1 is 0.914 bits per heavy atom. The standard InChI is InChI=1S/C29H29NO5/c1-17(2)35-24-11-6-8-20(15-24)26-25(27(31)21-13-12-18(3)19(4)14-21)28(32)29(33)30(26)22-9-7-10-23(16-22)34-5/h6-17,26,31H,1-5H3/b27-25+. The smallest absolute Gasteiger partial charge is 0.300 e. The molecule has 6 nitrogen and oxygen atoms in total. The highest BCUT2D eigenvalue weighted by Gasteiger charge is 2.47. The van der Waals surface area contributed by atoms with Crippen molar-refractivity contribution in [1.82, 2.24) is 0 Å². The number of anilines is 1. The zero-order chi connectivity index (χ0) is 25.3. The summed E-state index contributed by atoms with van der Waals surface area (Å²) in [7, 11) is 1.54. The van der Waals surface area contributed by atoms with E-state index < -0.39 is 17.7 Å². The number of amides is 1. The second-order valence-electron chi connectivity index (χ2n) is 8.91. The van der Waals surface area contributed by atoms with E-state index in [9.17, 15) is 14.7 Å². The Labute approximate surface area is 205 Å². The van der Waals surface area contributed by atoms with Crippen LogP contribution in [-0.4, -0.2) is 30.0 Å². The number of methoxy groups -OCH3 is 1. The third kappa shape index (κ3) is 4.64. The number of nitrogens with zero attached hydrogens (tertiary/aromatic N) is 1. The summed E-state index contributed by atoms with van der Waals surface area (Å²) in [5.41, 5.74) is 3.69. The van der Waals surface area contributed by atoms with Gasteiger partial charge in [-0.25, -0.2) is 0 Å². The van der Waals surface area contributed by atoms with Crippen molar-refractivity contribution >= 4 is 23.1 Å². The number of ether oxygens (including phenoxy) is 2. The molecule has 3 aromatic carbocycles. The Balaban J connectivity index is 1.95. The number of aliphatic hydroxyl groups excluding tert-OH is 1. The van der Waals surface area contributed by atoms with Crippen LogP contribution in [0.1, 0.15) is 42.1 Å². The van der Waals surface area contributed by atoms with E-state index in [-0.39, 0.29) is 17.4 Å². The third-order valence-electron chi connectivity index (χ3n) is 6.10. The molecule has 3 aromatic rings. The van der Waals surface area contributed by atoms with Gasteiger partial charge in [-0.15, -0.1) is 0 Å². The van der Waals surface area contributed by atoms with Crippen LogP contribution >= 0.6 is 0 Å². The van der Waals surface area contributed by atoms with Gasteiger partial charge in [0.15, 0.2) is 0 Å². The summed E-state index contributed by atoms with van der Waals surface area (Å²) in [5.74, 6) is -0.515. The molecular formula is C29H29NO5. The predicted molar refractivity (Wildman–Crippen MR) is 136 cm³/mol. The van der Waals surface area contributed by atoms with Gasteiger partial charge in [0.1, 0.15) is 17.3 Å². The van der Waals surface area contributed by atoms with E-state index in [4.69, 9.17) is 9.47 Å². The van der Waals surface area contributed by atoms with Crippen molar-refractivity contribution < 1.29 is 24.2 Å². The van der Waals surface area contributed by atoms with Gasteiger partial charge < -0.3 is 14.6 Å². The molecule has 1 atom stereocenters. The third-order valence-corrected chi connectivity index (χ3v) is 6.10. The molecule has 1 saturated heterocycles. The minimum Gasteiger partial charge on any atom is -0.507 e. The lowest BCUT2D eigenvalue weighted by molar-refractivity contribution is -0.132. The zero-order valence-electron chi connectivity index (χ0n) is 20.5. The molecule has 6 heteroatoms. The van der Waals surface area contributed by atoms with Gasteiger partial charge in [-0.05, 0) is 74.7 Å². The Morgan fingerprint density at radius 3 is 2.31 bits per heavy atom. The number of Topliss-reactive ketones (excluding diaryl/α,β-unsaturated/α-hetero) is 1. The Kier molecular flexibility index (Phi) is 6.65. The Hall–Kier alpha value is -4.06. The van der Waals surface area contributed by atoms with Gasteiger partial charge in [0, 0.05) is 17.3 Å². The van der Waals surface area contributed by atoms with E-state index in [1.54, 1.807) is 36.4 Å². The normalized spacial score (nSPS) is 17.2. The molecular weight excluding hydrogens is 442 g/mol. The quantitative estimate of drug-likeness (QED) is 0.282. The van der Waals surface area contributed by atoms with Crippen molar-refractivity contribution in [1.29, 1.82) is 0 Å². The number of aryl methyl sites for hydroxylation is 2. The lowest BCUT2D eigenvalue weighted by atomic mass is 9.94. The summed E-state index contributed by atoms with van der Waals surface area (Å²) in [6.07, 6.45) is -0.0504. The number of benzene rings is 3. The number of hydrogen-bond donors (Lipinski definition) is 1. The molecule has 0 radical (unpaired) electrons. The maximum absolute atomic E-state index is 13.4. The van der Waals surface area contributed by atoms with Crippen LogP contribution in [0.15, 0.2) is 72.3 Å². The van der Waals surface area contributed by atoms with Crippen LogP contribution in [0.25, 0.3) is 5.76 Å². The summed E-state index contributed by atoms with van der Waals surface area (Å²) in [6.45, 7) is 7.76. The highest BCUT2D eigenvalue weighted by Crippen LogP contribution is 2.43. The number of carbonyl (C=O) groups is 2. The van der Waals surface area contributed by atoms with Crippen molar-refractivity contribution in [2.45, 2.75) is 39.8 Å². The largest absolute Gasteiger partial charge is 0.507 e. The van der Waals surface area contributed by atoms with Gasteiger partial charge >= 0.3 is 0 Å². The molecule has 0 aromatic heterocycles. The van der Waals surface area contributed by atoms with Crippen molar-refractivity contribution in [3.05, 3.63) is 94.6 Å². The van der Waals surface area contributed by atoms with E-state index in [2.05, 4.69) is 0 Å². The highest BCUT2D eigenvalue weighted by molar-refractivity contribution is 6.51. The average Bonchev–Trinajstić information content (AvgIpc) is 3.10. The van der Waals surface area contributed by atoms with E-state index in [0.717, 1.165) is 11.1 Å². The van der Waals surface area contributed by atoms with Gasteiger partial charge in [-0.3, -0.25) is 14.5 Å². The zero-order valence-corrected chi connectivity index (χ0v) is 20.5. The molecule has 0 aliphatic carbocycles. The van der Waals surface area contributed by atoms with Crippen molar-refractivity contribution in [2.75, 3.05) is 12.0 Å². The number of carbonyl (C=O) groups excluding carboxylic acids is 2. The Bertz CT molecular complexity index is 1320. The molecule has 1 aliphatic heterocycles. The highest BCUT2D eigenvalue weighted by atomic mass is 16.5. The molecule has 35 heavy (non-hydrogen) atoms. The molecule has 1 heterocycles. The first-order chi connectivity index (χ1) is 16.7. The monoisotopic (exact) mass is 471 g/mol. The minimum atomic E-state index is -0.848. The predicted octanol–water partition coefficient (Wildman–Crippen LogP) is 5.73. The fourth-order valence-electron chi connectivity index (χ4n) is 4.25. The van der Waals surface area contributed by atoms with Crippen LogP contribution in [0.4, 0.5) is 5.69 Å². The van der Waals surface area contributed by atoms with Gasteiger partial charge in [0.05, 0.1) is 24.8 Å². The number of aliphatic hydroxyl groups is 1. The molecule has 0 spiro atoms. The molecule has 4 rings (SSSR count). The number of hydrogen-bond acceptors (Lipinski definition) is 5. The fraction of sp³-hybridized carbons (Fsp3) is 0.241. The number of rotatable bonds is 6. The van der Waals surface area contributed by atoms with Gasteiger partial charge in [-0.2, -0.15) is 0 Å². The van der Waals surface area contributed by atoms with Crippen LogP contribution in [0.2, 0.25) is 0 Å². The molecule has 0 bridgehead atoms. The van der Waals surface area contributed by atoms with Crippen LogP contribution in [0.5, 0.6) is 11.5 Å². The van der Waals surface area contributed by atoms with Crippen LogP contribution < -0.4 is 14.4 Å². The van der Waals surface area contributed by atoms with E-state index in [0.29, 0.717) is 28.3 Å². The van der Waals surface area contributed by atoms with E-state index in [1.165, 1.54) is 12.0 Å². The maximum atomic E-state index is 13.4. The summed E-state index contributed by atoms with van der Waals surface area (Å²) in [5, 5.41) is 11.4. The molecule has 1 aliphatic rings. The minimum absolute atomic E-state index is 0.0303. The lowest BCUT2D eigenvalue weighted by Crippen LogP contribution is -2.29. The first-order valence-corrected chi connectivity index (χ1v) is 11.5. The second-order valence-corrected chi connectivity index (χ2v) is 8.91. The van der Waals surface area contributed by atoms with Crippen LogP contribution in [-0.2, 0) is 9.59 Å². The van der Waals surface area contributed by atoms with Gasteiger partial charge in [-0.1, -0.05) is 30.3 Å². The summed E-state index contributed by atoms with van der Waals surface area (Å²) < 4.78 is 11.2. The van der Waals surface area contributed by atoms with Crippen LogP contribution in [0.3, 0.4) is 0 Å². The molecule has 1 N–H and O–H groups in total. The lowest BCUT2D eigenvalue weighted by Gasteiger charge is -2.26. The van der Waals surface area contributed by atoms with E-state index in [1.807, 2.05) is 58.0 Å². The van der Waals surface area contributed by atoms with E-state index >= 15 is 0 Å². The van der Waals surface area contributed by atoms with Crippen LogP contribution in [0, 0.1) is 13.8 Å². The average molecular weight is 472 g/mol. The summed E-state index contributed by atoms with van der Waals surface area (Å²) >= 11 is 0.